The first-order chi connectivity index (χ1) is 13.4. The van der Waals surface area contributed by atoms with Gasteiger partial charge in [0.1, 0.15) is 11.6 Å². The van der Waals surface area contributed by atoms with Crippen LogP contribution in [-0.4, -0.2) is 21.9 Å². The molecule has 8 heteroatoms. The minimum absolute atomic E-state index is 0.0648. The third kappa shape index (κ3) is 4.89. The quantitative estimate of drug-likeness (QED) is 0.590. The van der Waals surface area contributed by atoms with E-state index in [1.54, 1.807) is 19.1 Å². The summed E-state index contributed by atoms with van der Waals surface area (Å²) in [6, 6.07) is 10.4. The molecule has 1 heterocycles. The van der Waals surface area contributed by atoms with E-state index >= 15 is 0 Å². The van der Waals surface area contributed by atoms with Gasteiger partial charge in [0.15, 0.2) is 6.61 Å². The Morgan fingerprint density at radius 1 is 1.14 bits per heavy atom. The van der Waals surface area contributed by atoms with Crippen molar-refractivity contribution in [2.75, 3.05) is 11.1 Å². The number of nitrogens with zero attached hydrogens (tertiary/aromatic N) is 2. The molecule has 146 valence electrons. The lowest BCUT2D eigenvalue weighted by Gasteiger charge is -2.09. The summed E-state index contributed by atoms with van der Waals surface area (Å²) < 4.78 is 24.8. The molecule has 2 aromatic carbocycles. The van der Waals surface area contributed by atoms with Crippen LogP contribution in [0.5, 0.6) is 5.75 Å². The van der Waals surface area contributed by atoms with Crippen molar-refractivity contribution in [3.05, 3.63) is 64.8 Å². The van der Waals surface area contributed by atoms with Gasteiger partial charge in [-0.3, -0.25) is 4.79 Å². The monoisotopic (exact) mass is 401 g/mol. The average molecular weight is 401 g/mol. The molecule has 6 nitrogen and oxygen atoms in total. The fourth-order valence-electron chi connectivity index (χ4n) is 2.57. The van der Waals surface area contributed by atoms with Crippen molar-refractivity contribution in [2.24, 2.45) is 0 Å². The van der Waals surface area contributed by atoms with Gasteiger partial charge in [-0.2, -0.15) is 0 Å². The first kappa shape index (κ1) is 19.9. The van der Waals surface area contributed by atoms with Crippen molar-refractivity contribution in [3.8, 4) is 5.75 Å². The largest absolute Gasteiger partial charge is 0.483 e. The Morgan fingerprint density at radius 3 is 2.61 bits per heavy atom. The number of hydrogen-bond donors (Lipinski definition) is 1. The van der Waals surface area contributed by atoms with E-state index in [2.05, 4.69) is 15.5 Å². The Morgan fingerprint density at radius 2 is 1.86 bits per heavy atom. The third-order valence-corrected chi connectivity index (χ3v) is 4.88. The summed E-state index contributed by atoms with van der Waals surface area (Å²) in [6.45, 7) is 5.69. The number of rotatable bonds is 7. The van der Waals surface area contributed by atoms with Crippen LogP contribution in [0.3, 0.4) is 0 Å². The second-order valence-corrected chi connectivity index (χ2v) is 7.15. The number of halogens is 1. The number of hydrogen-bond acceptors (Lipinski definition) is 6. The summed E-state index contributed by atoms with van der Waals surface area (Å²) in [4.78, 5) is 12.1. The summed E-state index contributed by atoms with van der Waals surface area (Å²) in [5.74, 6) is 0.530. The van der Waals surface area contributed by atoms with Crippen LogP contribution in [0.2, 0.25) is 0 Å². The topological polar surface area (TPSA) is 77.2 Å². The van der Waals surface area contributed by atoms with Gasteiger partial charge >= 0.3 is 0 Å². The number of aryl methyl sites for hydroxylation is 2. The summed E-state index contributed by atoms with van der Waals surface area (Å²) in [5.41, 5.74) is 2.89. The Labute approximate surface area is 166 Å². The smallest absolute Gasteiger partial charge is 0.277 e. The van der Waals surface area contributed by atoms with E-state index < -0.39 is 0 Å². The zero-order valence-corrected chi connectivity index (χ0v) is 16.6. The highest BCUT2D eigenvalue weighted by molar-refractivity contribution is 7.99. The second-order valence-electron chi connectivity index (χ2n) is 6.22. The van der Waals surface area contributed by atoms with Crippen LogP contribution >= 0.6 is 11.8 Å². The van der Waals surface area contributed by atoms with Gasteiger partial charge in [0.25, 0.3) is 11.1 Å². The van der Waals surface area contributed by atoms with Gasteiger partial charge in [-0.15, -0.1) is 10.2 Å². The Balaban J connectivity index is 1.52. The van der Waals surface area contributed by atoms with Gasteiger partial charge in [0.05, 0.1) is 5.75 Å². The lowest BCUT2D eigenvalue weighted by molar-refractivity contribution is -0.113. The summed E-state index contributed by atoms with van der Waals surface area (Å²) in [7, 11) is 0. The van der Waals surface area contributed by atoms with E-state index in [1.807, 2.05) is 32.0 Å². The minimum Gasteiger partial charge on any atom is -0.483 e. The van der Waals surface area contributed by atoms with Crippen LogP contribution in [0, 0.1) is 26.6 Å². The standard InChI is InChI=1S/C20H20FN3O3S/c1-12-6-4-7-13(2)19(12)26-10-18-23-24-20(27-18)28-11-17(25)22-16-9-5-8-15(21)14(16)3/h4-9H,10-11H2,1-3H3,(H,22,25). The zero-order valence-electron chi connectivity index (χ0n) is 15.8. The molecule has 28 heavy (non-hydrogen) atoms. The van der Waals surface area contributed by atoms with Crippen LogP contribution in [-0.2, 0) is 11.4 Å². The van der Waals surface area contributed by atoms with Crippen molar-refractivity contribution >= 4 is 23.4 Å². The maximum absolute atomic E-state index is 13.5. The number of carbonyl (C=O) groups excluding carboxylic acids is 1. The van der Waals surface area contributed by atoms with Crippen LogP contribution in [0.15, 0.2) is 46.0 Å². The molecule has 0 fully saturated rings. The molecule has 1 aromatic heterocycles. The molecule has 0 atom stereocenters. The van der Waals surface area contributed by atoms with Gasteiger partial charge in [0, 0.05) is 11.3 Å². The molecule has 1 N–H and O–H groups in total. The van der Waals surface area contributed by atoms with Gasteiger partial charge in [-0.05, 0) is 44.0 Å². The number of para-hydroxylation sites is 1. The van der Waals surface area contributed by atoms with Crippen molar-refractivity contribution < 1.29 is 18.3 Å². The predicted molar refractivity (Wildman–Crippen MR) is 105 cm³/mol. The van der Waals surface area contributed by atoms with E-state index in [0.717, 1.165) is 28.6 Å². The number of carbonyl (C=O) groups is 1. The van der Waals surface area contributed by atoms with Crippen LogP contribution in [0.4, 0.5) is 10.1 Å². The predicted octanol–water partition coefficient (Wildman–Crippen LogP) is 4.44. The van der Waals surface area contributed by atoms with Crippen molar-refractivity contribution in [2.45, 2.75) is 32.6 Å². The van der Waals surface area contributed by atoms with E-state index in [-0.39, 0.29) is 29.3 Å². The van der Waals surface area contributed by atoms with Crippen molar-refractivity contribution in [1.82, 2.24) is 10.2 Å². The molecule has 3 rings (SSSR count). The summed E-state index contributed by atoms with van der Waals surface area (Å²) >= 11 is 1.11. The highest BCUT2D eigenvalue weighted by Crippen LogP contribution is 2.24. The highest BCUT2D eigenvalue weighted by Gasteiger charge is 2.13. The van der Waals surface area contributed by atoms with Gasteiger partial charge in [0.2, 0.25) is 5.91 Å². The lowest BCUT2D eigenvalue weighted by Crippen LogP contribution is -2.15. The number of anilines is 1. The molecular formula is C20H20FN3O3S. The molecule has 0 unspecified atom stereocenters. The summed E-state index contributed by atoms with van der Waals surface area (Å²) in [6.07, 6.45) is 0. The second kappa shape index (κ2) is 8.88. The molecule has 0 saturated carbocycles. The molecule has 0 spiro atoms. The minimum atomic E-state index is -0.365. The lowest BCUT2D eigenvalue weighted by atomic mass is 10.1. The van der Waals surface area contributed by atoms with E-state index in [0.29, 0.717) is 17.1 Å². The Bertz CT molecular complexity index is 970. The number of nitrogens with one attached hydrogen (secondary N) is 1. The number of ether oxygens (including phenoxy) is 1. The van der Waals surface area contributed by atoms with Crippen LogP contribution in [0.25, 0.3) is 0 Å². The molecule has 0 aliphatic carbocycles. The average Bonchev–Trinajstić information content (AvgIpc) is 3.11. The van der Waals surface area contributed by atoms with E-state index in [9.17, 15) is 9.18 Å². The van der Waals surface area contributed by atoms with Crippen molar-refractivity contribution in [3.63, 3.8) is 0 Å². The molecule has 0 aliphatic rings. The first-order valence-electron chi connectivity index (χ1n) is 8.63. The number of thioether (sulfide) groups is 1. The zero-order chi connectivity index (χ0) is 20.1. The fourth-order valence-corrected chi connectivity index (χ4v) is 3.15. The van der Waals surface area contributed by atoms with Crippen LogP contribution < -0.4 is 10.1 Å². The van der Waals surface area contributed by atoms with E-state index in [4.69, 9.17) is 9.15 Å². The molecule has 1 amide bonds. The molecule has 0 saturated heterocycles. The Kier molecular flexibility index (Phi) is 6.30. The number of aromatic nitrogens is 2. The molecule has 0 radical (unpaired) electrons. The van der Waals surface area contributed by atoms with Gasteiger partial charge in [-0.25, -0.2) is 4.39 Å². The Hall–Kier alpha value is -2.87. The normalized spacial score (nSPS) is 10.7. The maximum atomic E-state index is 13.5. The fraction of sp³-hybridized carbons (Fsp3) is 0.250. The maximum Gasteiger partial charge on any atom is 0.277 e. The summed E-state index contributed by atoms with van der Waals surface area (Å²) in [5, 5.41) is 10.8. The van der Waals surface area contributed by atoms with E-state index in [1.165, 1.54) is 6.07 Å². The van der Waals surface area contributed by atoms with Gasteiger partial charge < -0.3 is 14.5 Å². The van der Waals surface area contributed by atoms with Crippen LogP contribution in [0.1, 0.15) is 22.6 Å². The number of amides is 1. The van der Waals surface area contributed by atoms with Crippen molar-refractivity contribution in [1.29, 1.82) is 0 Å². The molecule has 0 aliphatic heterocycles. The SMILES string of the molecule is Cc1cccc(C)c1OCc1nnc(SCC(=O)Nc2cccc(F)c2C)o1. The number of benzene rings is 2. The molecule has 0 bridgehead atoms. The van der Waals surface area contributed by atoms with Gasteiger partial charge in [-0.1, -0.05) is 36.0 Å². The first-order valence-corrected chi connectivity index (χ1v) is 9.61. The molecule has 3 aromatic rings. The highest BCUT2D eigenvalue weighted by atomic mass is 32.2. The molecular weight excluding hydrogens is 381 g/mol. The third-order valence-electron chi connectivity index (χ3n) is 4.07.